The highest BCUT2D eigenvalue weighted by Crippen LogP contribution is 2.38. The number of rotatable bonds is 7. The maximum Gasteiger partial charge on any atom is 0.405 e. The Morgan fingerprint density at radius 1 is 1.00 bits per heavy atom. The maximum absolute atomic E-state index is 14.0. The van der Waals surface area contributed by atoms with E-state index in [1.165, 1.54) is 12.1 Å². The Morgan fingerprint density at radius 3 is 2.19 bits per heavy atom. The van der Waals surface area contributed by atoms with Crippen molar-refractivity contribution < 1.29 is 49.1 Å². The molecule has 2 atom stereocenters. The van der Waals surface area contributed by atoms with Gasteiger partial charge in [0.2, 0.25) is 5.91 Å². The highest BCUT2D eigenvalue weighted by Gasteiger charge is 2.41. The minimum absolute atomic E-state index is 0.0487. The Balaban J connectivity index is 2.20. The van der Waals surface area contributed by atoms with Crippen molar-refractivity contribution in [3.63, 3.8) is 0 Å². The van der Waals surface area contributed by atoms with Crippen molar-refractivity contribution in [2.24, 2.45) is 0 Å². The smallest absolute Gasteiger partial charge is 0.345 e. The zero-order chi connectivity index (χ0) is 27.4. The highest BCUT2D eigenvalue weighted by molar-refractivity contribution is 9.10. The lowest BCUT2D eigenvalue weighted by molar-refractivity contribution is -0.140. The first-order valence-corrected chi connectivity index (χ1v) is 10.6. The second-order valence-electron chi connectivity index (χ2n) is 7.41. The summed E-state index contributed by atoms with van der Waals surface area (Å²) in [7, 11) is 0. The topological polar surface area (TPSA) is 58.2 Å². The second kappa shape index (κ2) is 11.4. The third-order valence-electron chi connectivity index (χ3n) is 4.68. The zero-order valence-electron chi connectivity index (χ0n) is 18.0. The van der Waals surface area contributed by atoms with Gasteiger partial charge in [-0.05, 0) is 46.6 Å². The fourth-order valence-corrected chi connectivity index (χ4v) is 3.45. The molecule has 0 saturated heterocycles. The normalized spacial score (nSPS) is 14.0. The second-order valence-corrected chi connectivity index (χ2v) is 8.26. The molecule has 2 rings (SSSR count). The van der Waals surface area contributed by atoms with Crippen LogP contribution in [0.15, 0.2) is 40.9 Å². The molecule has 4 nitrogen and oxygen atoms in total. The van der Waals surface area contributed by atoms with Gasteiger partial charge in [0, 0.05) is 10.0 Å². The molecule has 0 spiro atoms. The van der Waals surface area contributed by atoms with E-state index in [4.69, 9.17) is 0 Å². The minimum atomic E-state index is -5.05. The molecule has 0 heterocycles. The average Bonchev–Trinajstić information content (AvgIpc) is 2.75. The van der Waals surface area contributed by atoms with Gasteiger partial charge in [-0.3, -0.25) is 9.59 Å². The van der Waals surface area contributed by atoms with Gasteiger partial charge in [-0.25, -0.2) is 13.2 Å². The third kappa shape index (κ3) is 7.73. The summed E-state index contributed by atoms with van der Waals surface area (Å²) < 4.78 is 118. The van der Waals surface area contributed by atoms with Crippen LogP contribution in [0.3, 0.4) is 0 Å². The van der Waals surface area contributed by atoms with Crippen LogP contribution in [0.5, 0.6) is 0 Å². The molecular formula is C22H16BrF9N2O2. The molecule has 0 aromatic heterocycles. The molecule has 2 N–H and O–H groups in total. The van der Waals surface area contributed by atoms with Gasteiger partial charge >= 0.3 is 12.4 Å². The molecule has 0 saturated carbocycles. The number of alkyl halides is 6. The Bertz CT molecular complexity index is 1160. The van der Waals surface area contributed by atoms with Gasteiger partial charge < -0.3 is 10.6 Å². The molecule has 36 heavy (non-hydrogen) atoms. The van der Waals surface area contributed by atoms with E-state index in [2.05, 4.69) is 21.2 Å². The van der Waals surface area contributed by atoms with E-state index in [-0.39, 0.29) is 15.6 Å². The Morgan fingerprint density at radius 2 is 1.64 bits per heavy atom. The first-order valence-electron chi connectivity index (χ1n) is 9.84. The third-order valence-corrected chi connectivity index (χ3v) is 5.33. The van der Waals surface area contributed by atoms with E-state index in [9.17, 15) is 49.1 Å². The summed E-state index contributed by atoms with van der Waals surface area (Å²) in [6.45, 7) is -0.451. The summed E-state index contributed by atoms with van der Waals surface area (Å²) >= 11 is 3.03. The van der Waals surface area contributed by atoms with E-state index >= 15 is 0 Å². The van der Waals surface area contributed by atoms with Gasteiger partial charge in [0.05, 0.1) is 5.56 Å². The quantitative estimate of drug-likeness (QED) is 0.306. The average molecular weight is 591 g/mol. The minimum Gasteiger partial charge on any atom is -0.345 e. The number of hydrogen-bond acceptors (Lipinski definition) is 2. The summed E-state index contributed by atoms with van der Waals surface area (Å²) in [5, 5.41) is 3.78. The van der Waals surface area contributed by atoms with E-state index in [1.807, 2.05) is 0 Å². The summed E-state index contributed by atoms with van der Waals surface area (Å²) in [4.78, 5) is 24.1. The van der Waals surface area contributed by atoms with Gasteiger partial charge in [-0.15, -0.1) is 0 Å². The number of carbonyl (C=O) groups excluding carboxylic acids is 2. The Kier molecular flexibility index (Phi) is 9.21. The van der Waals surface area contributed by atoms with Crippen LogP contribution in [0.2, 0.25) is 0 Å². The Hall–Kier alpha value is -3.03. The lowest BCUT2D eigenvalue weighted by atomic mass is 9.96. The molecule has 0 radical (unpaired) electrons. The van der Waals surface area contributed by atoms with Crippen molar-refractivity contribution in [3.8, 4) is 0 Å². The summed E-state index contributed by atoms with van der Waals surface area (Å²) in [5.41, 5.74) is -1.14. The van der Waals surface area contributed by atoms with Crippen LogP contribution >= 0.6 is 15.9 Å². The fraction of sp³-hybridized carbons (Fsp3) is 0.273. The predicted octanol–water partition coefficient (Wildman–Crippen LogP) is 6.02. The number of carbonyl (C=O) groups is 2. The lowest BCUT2D eigenvalue weighted by Crippen LogP contribution is -2.47. The number of hydrogen-bond donors (Lipinski definition) is 2. The molecule has 0 aliphatic heterocycles. The maximum atomic E-state index is 14.0. The zero-order valence-corrected chi connectivity index (χ0v) is 19.6. The van der Waals surface area contributed by atoms with Gasteiger partial charge in [-0.1, -0.05) is 24.3 Å². The molecule has 0 aliphatic carbocycles. The van der Waals surface area contributed by atoms with Crippen molar-refractivity contribution in [2.75, 3.05) is 6.54 Å². The summed E-state index contributed by atoms with van der Waals surface area (Å²) in [5.74, 6) is -10.3. The molecule has 2 amide bonds. The van der Waals surface area contributed by atoms with Crippen LogP contribution in [-0.2, 0) is 4.79 Å². The van der Waals surface area contributed by atoms with E-state index in [0.29, 0.717) is 18.2 Å². The van der Waals surface area contributed by atoms with Crippen molar-refractivity contribution in [3.05, 3.63) is 75.0 Å². The van der Waals surface area contributed by atoms with Crippen molar-refractivity contribution in [1.29, 1.82) is 0 Å². The van der Waals surface area contributed by atoms with Crippen LogP contribution in [0.1, 0.15) is 34.3 Å². The number of halogens is 10. The molecule has 0 fully saturated rings. The van der Waals surface area contributed by atoms with E-state index in [1.54, 1.807) is 5.32 Å². The molecule has 1 unspecified atom stereocenters. The van der Waals surface area contributed by atoms with Crippen LogP contribution < -0.4 is 10.6 Å². The molecule has 0 bridgehead atoms. The molecular weight excluding hydrogens is 575 g/mol. The standard InChI is InChI=1S/C22H16BrF9N2O2/c1-10(19(35)33-9-21(27,28)29)34-20(36)13-4-2-11(8-15(13)23)3-6-14(22(30,31)32)12-5-7-16(24)18(26)17(12)25/h2-8,10,14H,9H2,1H3,(H,33,35)(H,34,36)/b6-3+/t10-,14?/m1/s1. The molecule has 14 heteroatoms. The molecule has 2 aromatic rings. The van der Waals surface area contributed by atoms with Gasteiger partial charge in [-0.2, -0.15) is 26.3 Å². The first kappa shape index (κ1) is 29.2. The van der Waals surface area contributed by atoms with Crippen LogP contribution in [0.25, 0.3) is 6.08 Å². The predicted molar refractivity (Wildman–Crippen MR) is 114 cm³/mol. The monoisotopic (exact) mass is 590 g/mol. The highest BCUT2D eigenvalue weighted by atomic mass is 79.9. The van der Waals surface area contributed by atoms with Gasteiger partial charge in [0.15, 0.2) is 17.5 Å². The Labute approximate surface area is 206 Å². The van der Waals surface area contributed by atoms with E-state index < -0.39 is 65.7 Å². The SMILES string of the molecule is C[C@@H](NC(=O)c1ccc(/C=C/C(c2ccc(F)c(F)c2F)C(F)(F)F)cc1Br)C(=O)NCC(F)(F)F. The van der Waals surface area contributed by atoms with Crippen LogP contribution in [0.4, 0.5) is 39.5 Å². The number of benzene rings is 2. The molecule has 196 valence electrons. The summed E-state index contributed by atoms with van der Waals surface area (Å²) in [6, 6.07) is 3.06. The van der Waals surface area contributed by atoms with Crippen LogP contribution in [0, 0.1) is 17.5 Å². The number of amides is 2. The van der Waals surface area contributed by atoms with Crippen molar-refractivity contribution in [2.45, 2.75) is 31.2 Å². The molecule has 2 aromatic carbocycles. The summed E-state index contributed by atoms with van der Waals surface area (Å²) in [6.07, 6.45) is -8.27. The van der Waals surface area contributed by atoms with Crippen LogP contribution in [-0.4, -0.2) is 36.8 Å². The van der Waals surface area contributed by atoms with Gasteiger partial charge in [0.1, 0.15) is 18.5 Å². The molecule has 0 aliphatic rings. The fourth-order valence-electron chi connectivity index (χ4n) is 2.88. The number of nitrogens with one attached hydrogen (secondary N) is 2. The van der Waals surface area contributed by atoms with Crippen molar-refractivity contribution >= 4 is 33.8 Å². The lowest BCUT2D eigenvalue weighted by Gasteiger charge is -2.18. The van der Waals surface area contributed by atoms with E-state index in [0.717, 1.165) is 19.1 Å². The number of allylic oxidation sites excluding steroid dienone is 1. The first-order chi connectivity index (χ1) is 16.5. The van der Waals surface area contributed by atoms with Crippen molar-refractivity contribution in [1.82, 2.24) is 10.6 Å². The van der Waals surface area contributed by atoms with Gasteiger partial charge in [0.25, 0.3) is 5.91 Å². The largest absolute Gasteiger partial charge is 0.405 e.